The van der Waals surface area contributed by atoms with Crippen LogP contribution in [0.1, 0.15) is 33.6 Å². The van der Waals surface area contributed by atoms with Gasteiger partial charge < -0.3 is 4.74 Å². The molecule has 0 bridgehead atoms. The fraction of sp³-hybridized carbons (Fsp3) is 0.750. The van der Waals surface area contributed by atoms with Crippen molar-refractivity contribution < 1.29 is 4.74 Å². The van der Waals surface area contributed by atoms with Crippen LogP contribution < -0.4 is 4.74 Å². The number of aromatic nitrogens is 2. The summed E-state index contributed by atoms with van der Waals surface area (Å²) in [5, 5.41) is 4.44. The van der Waals surface area contributed by atoms with Gasteiger partial charge in [0.25, 0.3) is 0 Å². The highest BCUT2D eigenvalue weighted by Gasteiger charge is 2.51. The van der Waals surface area contributed by atoms with Gasteiger partial charge in [0, 0.05) is 23.8 Å². The second-order valence-corrected chi connectivity index (χ2v) is 5.23. The van der Waals surface area contributed by atoms with E-state index in [0.29, 0.717) is 0 Å². The Morgan fingerprint density at radius 1 is 1.62 bits per heavy atom. The Morgan fingerprint density at radius 2 is 2.38 bits per heavy atom. The molecule has 0 radical (unpaired) electrons. The van der Waals surface area contributed by atoms with Gasteiger partial charge in [0.2, 0.25) is 0 Å². The summed E-state index contributed by atoms with van der Waals surface area (Å²) in [7, 11) is 0. The van der Waals surface area contributed by atoms with E-state index in [9.17, 15) is 0 Å². The molecule has 4 heteroatoms. The van der Waals surface area contributed by atoms with E-state index in [1.807, 2.05) is 10.9 Å². The average Bonchev–Trinajstić information content (AvgIpc) is 2.75. The van der Waals surface area contributed by atoms with E-state index < -0.39 is 0 Å². The first kappa shape index (κ1) is 11.8. The van der Waals surface area contributed by atoms with Crippen molar-refractivity contribution in [3.05, 3.63) is 12.4 Å². The molecule has 16 heavy (non-hydrogen) atoms. The molecule has 1 aliphatic carbocycles. The van der Waals surface area contributed by atoms with Gasteiger partial charge in [-0.25, -0.2) is 0 Å². The molecular weight excluding hydrogens is 224 g/mol. The number of hydrogen-bond donors (Lipinski definition) is 0. The van der Waals surface area contributed by atoms with Crippen LogP contribution in [0.25, 0.3) is 0 Å². The summed E-state index contributed by atoms with van der Waals surface area (Å²) in [5.74, 6) is 0.857. The first-order valence-corrected chi connectivity index (χ1v) is 6.37. The Morgan fingerprint density at radius 3 is 2.88 bits per heavy atom. The molecule has 3 atom stereocenters. The molecule has 0 aliphatic heterocycles. The van der Waals surface area contributed by atoms with E-state index in [-0.39, 0.29) is 16.9 Å². The molecule has 0 amide bonds. The maximum Gasteiger partial charge on any atom is 0.157 e. The summed E-state index contributed by atoms with van der Waals surface area (Å²) in [6.45, 7) is 7.30. The fourth-order valence-corrected chi connectivity index (χ4v) is 2.60. The van der Waals surface area contributed by atoms with Gasteiger partial charge in [-0.2, -0.15) is 5.10 Å². The summed E-state index contributed by atoms with van der Waals surface area (Å²) >= 11 is 6.25. The predicted octanol–water partition coefficient (Wildman–Crippen LogP) is 3.08. The molecule has 0 N–H and O–H groups in total. The molecule has 3 nitrogen and oxygen atoms in total. The largest absolute Gasteiger partial charge is 0.486 e. The Hall–Kier alpha value is -0.700. The number of halogens is 1. The normalized spacial score (nSPS) is 33.5. The lowest BCUT2D eigenvalue weighted by Crippen LogP contribution is -2.55. The van der Waals surface area contributed by atoms with E-state index in [4.69, 9.17) is 16.3 Å². The molecule has 2 rings (SSSR count). The van der Waals surface area contributed by atoms with Crippen molar-refractivity contribution in [3.63, 3.8) is 0 Å². The number of ether oxygens (including phenoxy) is 1. The number of rotatable bonds is 4. The van der Waals surface area contributed by atoms with Crippen LogP contribution in [-0.4, -0.2) is 21.3 Å². The molecule has 0 spiro atoms. The topological polar surface area (TPSA) is 27.1 Å². The first-order valence-electron chi connectivity index (χ1n) is 5.93. The molecule has 1 aliphatic rings. The van der Waals surface area contributed by atoms with Crippen LogP contribution in [0.3, 0.4) is 0 Å². The molecule has 0 aromatic carbocycles. The maximum atomic E-state index is 6.25. The van der Waals surface area contributed by atoms with Crippen LogP contribution >= 0.6 is 11.6 Å². The molecule has 1 aromatic rings. The van der Waals surface area contributed by atoms with E-state index in [1.54, 1.807) is 6.20 Å². The second kappa shape index (κ2) is 4.28. The third kappa shape index (κ3) is 1.81. The van der Waals surface area contributed by atoms with E-state index in [1.165, 1.54) is 0 Å². The van der Waals surface area contributed by atoms with Gasteiger partial charge in [-0.05, 0) is 13.3 Å². The SMILES string of the molecule is CCn1cc(OC2CC(Cl)C2(C)CC)cn1. The lowest BCUT2D eigenvalue weighted by molar-refractivity contribution is -0.0295. The van der Waals surface area contributed by atoms with Crippen molar-refractivity contribution in [1.82, 2.24) is 9.78 Å². The molecular formula is C12H19ClN2O. The summed E-state index contributed by atoms with van der Waals surface area (Å²) in [6, 6.07) is 0. The zero-order valence-electron chi connectivity index (χ0n) is 10.1. The van der Waals surface area contributed by atoms with Gasteiger partial charge >= 0.3 is 0 Å². The smallest absolute Gasteiger partial charge is 0.157 e. The summed E-state index contributed by atoms with van der Waals surface area (Å²) in [5.41, 5.74) is 0.107. The van der Waals surface area contributed by atoms with Gasteiger partial charge in [0.05, 0.1) is 12.4 Å². The van der Waals surface area contributed by atoms with Crippen LogP contribution in [0.2, 0.25) is 0 Å². The highest BCUT2D eigenvalue weighted by atomic mass is 35.5. The number of aryl methyl sites for hydroxylation is 1. The lowest BCUT2D eigenvalue weighted by Gasteiger charge is -2.50. The Bertz CT molecular complexity index is 366. The molecule has 90 valence electrons. The monoisotopic (exact) mass is 242 g/mol. The van der Waals surface area contributed by atoms with Crippen LogP contribution in [0.5, 0.6) is 5.75 Å². The Balaban J connectivity index is 2.00. The van der Waals surface area contributed by atoms with E-state index >= 15 is 0 Å². The van der Waals surface area contributed by atoms with Crippen LogP contribution in [0.4, 0.5) is 0 Å². The van der Waals surface area contributed by atoms with Gasteiger partial charge in [0.1, 0.15) is 6.10 Å². The molecule has 3 unspecified atom stereocenters. The number of hydrogen-bond acceptors (Lipinski definition) is 2. The molecule has 1 aromatic heterocycles. The van der Waals surface area contributed by atoms with E-state index in [0.717, 1.165) is 25.1 Å². The van der Waals surface area contributed by atoms with Crippen molar-refractivity contribution in [1.29, 1.82) is 0 Å². The van der Waals surface area contributed by atoms with Crippen molar-refractivity contribution >= 4 is 11.6 Å². The minimum absolute atomic E-state index is 0.107. The highest BCUT2D eigenvalue weighted by Crippen LogP contribution is 2.49. The molecule has 0 saturated heterocycles. The fourth-order valence-electron chi connectivity index (χ4n) is 2.14. The van der Waals surface area contributed by atoms with Crippen LogP contribution in [-0.2, 0) is 6.54 Å². The molecule has 1 fully saturated rings. The predicted molar refractivity (Wildman–Crippen MR) is 65.0 cm³/mol. The zero-order valence-corrected chi connectivity index (χ0v) is 10.9. The van der Waals surface area contributed by atoms with Crippen molar-refractivity contribution in [3.8, 4) is 5.75 Å². The van der Waals surface area contributed by atoms with Crippen LogP contribution in [0, 0.1) is 5.41 Å². The minimum Gasteiger partial charge on any atom is -0.486 e. The highest BCUT2D eigenvalue weighted by molar-refractivity contribution is 6.21. The molecule has 1 saturated carbocycles. The maximum absolute atomic E-state index is 6.25. The van der Waals surface area contributed by atoms with Gasteiger partial charge in [-0.3, -0.25) is 4.68 Å². The number of alkyl halides is 1. The van der Waals surface area contributed by atoms with E-state index in [2.05, 4.69) is 25.9 Å². The second-order valence-electron chi connectivity index (χ2n) is 4.70. The van der Waals surface area contributed by atoms with Gasteiger partial charge in [-0.1, -0.05) is 13.8 Å². The average molecular weight is 243 g/mol. The van der Waals surface area contributed by atoms with Crippen molar-refractivity contribution in [2.75, 3.05) is 0 Å². The van der Waals surface area contributed by atoms with Crippen molar-refractivity contribution in [2.45, 2.75) is 51.6 Å². The summed E-state index contributed by atoms with van der Waals surface area (Å²) in [6.07, 6.45) is 5.94. The summed E-state index contributed by atoms with van der Waals surface area (Å²) < 4.78 is 7.81. The summed E-state index contributed by atoms with van der Waals surface area (Å²) in [4.78, 5) is 0. The zero-order chi connectivity index (χ0) is 11.8. The van der Waals surface area contributed by atoms with Crippen molar-refractivity contribution in [2.24, 2.45) is 5.41 Å². The van der Waals surface area contributed by atoms with Crippen LogP contribution in [0.15, 0.2) is 12.4 Å². The van der Waals surface area contributed by atoms with Gasteiger partial charge in [0.15, 0.2) is 5.75 Å². The molecule has 1 heterocycles. The Kier molecular flexibility index (Phi) is 3.15. The first-order chi connectivity index (χ1) is 7.60. The quantitative estimate of drug-likeness (QED) is 0.759. The minimum atomic E-state index is 0.107. The number of nitrogens with zero attached hydrogens (tertiary/aromatic N) is 2. The third-order valence-electron chi connectivity index (χ3n) is 3.85. The van der Waals surface area contributed by atoms with Gasteiger partial charge in [-0.15, -0.1) is 11.6 Å². The third-order valence-corrected chi connectivity index (χ3v) is 4.52. The lowest BCUT2D eigenvalue weighted by atomic mass is 9.65. The Labute approximate surface area is 102 Å². The standard InChI is InChI=1S/C12H19ClN2O/c1-4-12(3)10(13)6-11(12)16-9-7-14-15(5-2)8-9/h7-8,10-11H,4-6H2,1-3H3.